The Balaban J connectivity index is 1.91. The highest BCUT2D eigenvalue weighted by molar-refractivity contribution is 6.62. The van der Waals surface area contributed by atoms with Crippen molar-refractivity contribution in [1.82, 2.24) is 0 Å². The van der Waals surface area contributed by atoms with Crippen LogP contribution in [0.4, 0.5) is 0 Å². The number of rotatable bonds is 2. The topological polar surface area (TPSA) is 18.5 Å². The van der Waals surface area contributed by atoms with Crippen molar-refractivity contribution in [1.29, 1.82) is 0 Å². The SMILES string of the molecule is Cc1cc(B2OC(C)(C)C(C)(C)O2)cc(C2CC2)c1. The molecule has 1 saturated carbocycles. The fourth-order valence-corrected chi connectivity index (χ4v) is 2.61. The van der Waals surface area contributed by atoms with Gasteiger partial charge < -0.3 is 9.31 Å². The molecule has 3 heteroatoms. The van der Waals surface area contributed by atoms with Gasteiger partial charge >= 0.3 is 7.12 Å². The van der Waals surface area contributed by atoms with Crippen molar-refractivity contribution in [3.8, 4) is 0 Å². The number of hydrogen-bond donors (Lipinski definition) is 0. The normalized spacial score (nSPS) is 24.8. The van der Waals surface area contributed by atoms with Gasteiger partial charge in [0.1, 0.15) is 0 Å². The van der Waals surface area contributed by atoms with E-state index in [2.05, 4.69) is 52.8 Å². The molecule has 1 aliphatic heterocycles. The molecule has 1 aliphatic carbocycles. The third-order valence-corrected chi connectivity index (χ3v) is 4.70. The van der Waals surface area contributed by atoms with Gasteiger partial charge in [0.2, 0.25) is 0 Å². The van der Waals surface area contributed by atoms with Gasteiger partial charge in [0.15, 0.2) is 0 Å². The summed E-state index contributed by atoms with van der Waals surface area (Å²) in [5, 5.41) is 0. The van der Waals surface area contributed by atoms with Gasteiger partial charge in [-0.05, 0) is 64.4 Å². The Labute approximate surface area is 116 Å². The standard InChI is InChI=1S/C16H23BO2/c1-11-8-13(12-6-7-12)10-14(9-11)17-18-15(2,3)16(4,5)19-17/h8-10,12H,6-7H2,1-5H3. The Kier molecular flexibility index (Phi) is 2.85. The third-order valence-electron chi connectivity index (χ3n) is 4.70. The highest BCUT2D eigenvalue weighted by atomic mass is 16.7. The van der Waals surface area contributed by atoms with Crippen molar-refractivity contribution in [2.24, 2.45) is 0 Å². The molecule has 1 aromatic carbocycles. The van der Waals surface area contributed by atoms with Crippen molar-refractivity contribution in [3.05, 3.63) is 29.3 Å². The quantitative estimate of drug-likeness (QED) is 0.758. The molecule has 1 heterocycles. The van der Waals surface area contributed by atoms with Crippen LogP contribution >= 0.6 is 0 Å². The minimum absolute atomic E-state index is 0.234. The van der Waals surface area contributed by atoms with Gasteiger partial charge in [-0.1, -0.05) is 23.8 Å². The summed E-state index contributed by atoms with van der Waals surface area (Å²) in [6, 6.07) is 6.76. The molecule has 2 aliphatic rings. The van der Waals surface area contributed by atoms with E-state index in [1.54, 1.807) is 0 Å². The number of hydrogen-bond acceptors (Lipinski definition) is 2. The zero-order chi connectivity index (χ0) is 13.8. The number of benzene rings is 1. The summed E-state index contributed by atoms with van der Waals surface area (Å²) in [5.41, 5.74) is 3.39. The molecule has 0 atom stereocenters. The Morgan fingerprint density at radius 2 is 1.58 bits per heavy atom. The van der Waals surface area contributed by atoms with Crippen LogP contribution in [-0.2, 0) is 9.31 Å². The molecule has 102 valence electrons. The van der Waals surface area contributed by atoms with Crippen LogP contribution in [0.25, 0.3) is 0 Å². The molecule has 2 nitrogen and oxygen atoms in total. The van der Waals surface area contributed by atoms with Crippen LogP contribution < -0.4 is 5.46 Å². The molecule has 0 amide bonds. The van der Waals surface area contributed by atoms with Crippen LogP contribution in [-0.4, -0.2) is 18.3 Å². The molecular weight excluding hydrogens is 235 g/mol. The van der Waals surface area contributed by atoms with E-state index in [0.717, 1.165) is 5.92 Å². The second-order valence-corrected chi connectivity index (χ2v) is 7.04. The molecule has 0 unspecified atom stereocenters. The molecule has 2 fully saturated rings. The minimum atomic E-state index is -0.263. The molecule has 0 radical (unpaired) electrons. The smallest absolute Gasteiger partial charge is 0.399 e. The van der Waals surface area contributed by atoms with Gasteiger partial charge in [-0.2, -0.15) is 0 Å². The zero-order valence-electron chi connectivity index (χ0n) is 12.6. The third kappa shape index (κ3) is 2.34. The van der Waals surface area contributed by atoms with Gasteiger partial charge in [-0.25, -0.2) is 0 Å². The lowest BCUT2D eigenvalue weighted by molar-refractivity contribution is 0.00578. The Hall–Kier alpha value is -0.795. The second kappa shape index (κ2) is 4.10. The van der Waals surface area contributed by atoms with Crippen LogP contribution in [0.15, 0.2) is 18.2 Å². The van der Waals surface area contributed by atoms with E-state index in [4.69, 9.17) is 9.31 Å². The van der Waals surface area contributed by atoms with E-state index >= 15 is 0 Å². The maximum atomic E-state index is 6.14. The first-order valence-corrected chi connectivity index (χ1v) is 7.26. The van der Waals surface area contributed by atoms with Gasteiger partial charge in [-0.15, -0.1) is 0 Å². The lowest BCUT2D eigenvalue weighted by atomic mass is 9.77. The van der Waals surface area contributed by atoms with Crippen LogP contribution in [0.3, 0.4) is 0 Å². The summed E-state index contributed by atoms with van der Waals surface area (Å²) in [6.45, 7) is 10.6. The molecule has 1 aromatic rings. The first kappa shape index (κ1) is 13.2. The average Bonchev–Trinajstić information content (AvgIpc) is 3.06. The van der Waals surface area contributed by atoms with Gasteiger partial charge in [0.25, 0.3) is 0 Å². The second-order valence-electron chi connectivity index (χ2n) is 7.04. The molecule has 0 N–H and O–H groups in total. The molecule has 0 aromatic heterocycles. The predicted octanol–water partition coefficient (Wildman–Crippen LogP) is 3.17. The number of aryl methyl sites for hydroxylation is 1. The van der Waals surface area contributed by atoms with E-state index in [1.807, 2.05) is 0 Å². The molecule has 19 heavy (non-hydrogen) atoms. The lowest BCUT2D eigenvalue weighted by Gasteiger charge is -2.32. The zero-order valence-corrected chi connectivity index (χ0v) is 12.6. The van der Waals surface area contributed by atoms with Crippen molar-refractivity contribution >= 4 is 12.6 Å². The monoisotopic (exact) mass is 258 g/mol. The summed E-state index contributed by atoms with van der Waals surface area (Å²) in [4.78, 5) is 0. The highest BCUT2D eigenvalue weighted by Gasteiger charge is 2.51. The van der Waals surface area contributed by atoms with Gasteiger partial charge in [0.05, 0.1) is 11.2 Å². The van der Waals surface area contributed by atoms with Crippen molar-refractivity contribution in [3.63, 3.8) is 0 Å². The lowest BCUT2D eigenvalue weighted by Crippen LogP contribution is -2.41. The summed E-state index contributed by atoms with van der Waals surface area (Å²) >= 11 is 0. The molecule has 0 spiro atoms. The van der Waals surface area contributed by atoms with Crippen LogP contribution in [0.2, 0.25) is 0 Å². The van der Waals surface area contributed by atoms with Crippen molar-refractivity contribution in [2.45, 2.75) is 64.6 Å². The largest absolute Gasteiger partial charge is 0.494 e. The van der Waals surface area contributed by atoms with E-state index in [-0.39, 0.29) is 18.3 Å². The minimum Gasteiger partial charge on any atom is -0.399 e. The molecule has 1 saturated heterocycles. The average molecular weight is 258 g/mol. The first-order chi connectivity index (χ1) is 8.78. The fourth-order valence-electron chi connectivity index (χ4n) is 2.61. The van der Waals surface area contributed by atoms with Gasteiger partial charge in [0, 0.05) is 0 Å². The van der Waals surface area contributed by atoms with E-state index < -0.39 is 0 Å². The van der Waals surface area contributed by atoms with Crippen LogP contribution in [0.5, 0.6) is 0 Å². The maximum Gasteiger partial charge on any atom is 0.494 e. The van der Waals surface area contributed by atoms with Crippen molar-refractivity contribution < 1.29 is 9.31 Å². The summed E-state index contributed by atoms with van der Waals surface area (Å²) < 4.78 is 12.3. The van der Waals surface area contributed by atoms with Crippen LogP contribution in [0.1, 0.15) is 57.6 Å². The highest BCUT2D eigenvalue weighted by Crippen LogP contribution is 2.41. The summed E-state index contributed by atoms with van der Waals surface area (Å²) in [6.07, 6.45) is 2.65. The Morgan fingerprint density at radius 1 is 1.00 bits per heavy atom. The summed E-state index contributed by atoms with van der Waals surface area (Å²) in [7, 11) is -0.234. The molecule has 0 bridgehead atoms. The maximum absolute atomic E-state index is 6.14. The van der Waals surface area contributed by atoms with E-state index in [1.165, 1.54) is 29.4 Å². The first-order valence-electron chi connectivity index (χ1n) is 7.26. The van der Waals surface area contributed by atoms with E-state index in [9.17, 15) is 0 Å². The van der Waals surface area contributed by atoms with Gasteiger partial charge in [-0.3, -0.25) is 0 Å². The molecule has 3 rings (SSSR count). The van der Waals surface area contributed by atoms with E-state index in [0.29, 0.717) is 0 Å². The molecular formula is C16H23BO2. The Morgan fingerprint density at radius 3 is 2.11 bits per heavy atom. The van der Waals surface area contributed by atoms with Crippen LogP contribution in [0, 0.1) is 6.92 Å². The fraction of sp³-hybridized carbons (Fsp3) is 0.625. The Bertz CT molecular complexity index is 487. The predicted molar refractivity (Wildman–Crippen MR) is 78.9 cm³/mol. The van der Waals surface area contributed by atoms with Crippen molar-refractivity contribution in [2.75, 3.05) is 0 Å². The summed E-state index contributed by atoms with van der Waals surface area (Å²) in [5.74, 6) is 0.765.